The molecule has 0 radical (unpaired) electrons. The minimum Gasteiger partial charge on any atom is -0.372 e. The predicted molar refractivity (Wildman–Crippen MR) is 73.8 cm³/mol. The van der Waals surface area contributed by atoms with Crippen molar-refractivity contribution in [3.63, 3.8) is 0 Å². The van der Waals surface area contributed by atoms with Gasteiger partial charge in [0, 0.05) is 25.2 Å². The van der Waals surface area contributed by atoms with Gasteiger partial charge in [-0.1, -0.05) is 19.0 Å². The maximum Gasteiger partial charge on any atom is 0.162 e. The standard InChI is InChI=1S/C14H25N3O2/c1-3-17(4-2)7-8-18-11-14-9-13(16-19-14)10-15-12-5-6-12/h9,12,15H,3-8,10-11H2,1-2H3. The highest BCUT2D eigenvalue weighted by molar-refractivity contribution is 5.04. The van der Waals surface area contributed by atoms with Crippen molar-refractivity contribution in [3.8, 4) is 0 Å². The first-order valence-electron chi connectivity index (χ1n) is 7.29. The smallest absolute Gasteiger partial charge is 0.162 e. The van der Waals surface area contributed by atoms with Gasteiger partial charge in [-0.25, -0.2) is 0 Å². The van der Waals surface area contributed by atoms with Gasteiger partial charge in [-0.2, -0.15) is 0 Å². The number of likely N-dealkylation sites (N-methyl/N-ethyl adjacent to an activating group) is 1. The Morgan fingerprint density at radius 3 is 2.89 bits per heavy atom. The monoisotopic (exact) mass is 267 g/mol. The summed E-state index contributed by atoms with van der Waals surface area (Å²) in [5.41, 5.74) is 0.967. The van der Waals surface area contributed by atoms with Crippen LogP contribution in [0.2, 0.25) is 0 Å². The fourth-order valence-corrected chi connectivity index (χ4v) is 1.95. The molecule has 19 heavy (non-hydrogen) atoms. The van der Waals surface area contributed by atoms with Crippen LogP contribution in [0.15, 0.2) is 10.6 Å². The summed E-state index contributed by atoms with van der Waals surface area (Å²) >= 11 is 0. The summed E-state index contributed by atoms with van der Waals surface area (Å²) in [5.74, 6) is 0.812. The second-order valence-electron chi connectivity index (χ2n) is 5.02. The summed E-state index contributed by atoms with van der Waals surface area (Å²) in [4.78, 5) is 2.34. The molecule has 108 valence electrons. The third-order valence-corrected chi connectivity index (χ3v) is 3.45. The van der Waals surface area contributed by atoms with Gasteiger partial charge in [0.05, 0.1) is 12.3 Å². The first-order valence-corrected chi connectivity index (χ1v) is 7.29. The SMILES string of the molecule is CCN(CC)CCOCc1cc(CNC2CC2)no1. The lowest BCUT2D eigenvalue weighted by molar-refractivity contribution is 0.0807. The highest BCUT2D eigenvalue weighted by Crippen LogP contribution is 2.19. The van der Waals surface area contributed by atoms with Crippen LogP contribution in [0.25, 0.3) is 0 Å². The Bertz CT molecular complexity index is 359. The van der Waals surface area contributed by atoms with Crippen molar-refractivity contribution in [2.24, 2.45) is 0 Å². The minimum absolute atomic E-state index is 0.512. The number of nitrogens with one attached hydrogen (secondary N) is 1. The third-order valence-electron chi connectivity index (χ3n) is 3.45. The lowest BCUT2D eigenvalue weighted by Gasteiger charge is -2.17. The van der Waals surface area contributed by atoms with Crippen LogP contribution in [0, 0.1) is 0 Å². The van der Waals surface area contributed by atoms with Crippen LogP contribution >= 0.6 is 0 Å². The number of nitrogens with zero attached hydrogens (tertiary/aromatic N) is 2. The van der Waals surface area contributed by atoms with Crippen molar-refractivity contribution in [1.82, 2.24) is 15.4 Å². The van der Waals surface area contributed by atoms with Crippen LogP contribution in [0.3, 0.4) is 0 Å². The highest BCUT2D eigenvalue weighted by Gasteiger charge is 2.20. The Kier molecular flexibility index (Phi) is 5.82. The first kappa shape index (κ1) is 14.5. The maximum atomic E-state index is 5.61. The number of aromatic nitrogens is 1. The van der Waals surface area contributed by atoms with Gasteiger partial charge in [-0.05, 0) is 25.9 Å². The summed E-state index contributed by atoms with van der Waals surface area (Å²) in [5, 5.41) is 7.45. The minimum atomic E-state index is 0.512. The summed E-state index contributed by atoms with van der Waals surface area (Å²) in [6, 6.07) is 2.68. The van der Waals surface area contributed by atoms with Crippen LogP contribution in [0.5, 0.6) is 0 Å². The quantitative estimate of drug-likeness (QED) is 0.655. The van der Waals surface area contributed by atoms with E-state index in [4.69, 9.17) is 9.26 Å². The molecule has 0 spiro atoms. The molecule has 5 heteroatoms. The highest BCUT2D eigenvalue weighted by atomic mass is 16.5. The molecule has 0 unspecified atom stereocenters. The van der Waals surface area contributed by atoms with Gasteiger partial charge in [-0.3, -0.25) is 0 Å². The lowest BCUT2D eigenvalue weighted by atomic mass is 10.3. The molecule has 1 saturated carbocycles. The van der Waals surface area contributed by atoms with Gasteiger partial charge >= 0.3 is 0 Å². The molecule has 2 rings (SSSR count). The van der Waals surface area contributed by atoms with Crippen LogP contribution in [0.1, 0.15) is 38.1 Å². The average Bonchev–Trinajstić information content (AvgIpc) is 3.16. The van der Waals surface area contributed by atoms with Gasteiger partial charge in [0.1, 0.15) is 6.61 Å². The van der Waals surface area contributed by atoms with Crippen molar-refractivity contribution < 1.29 is 9.26 Å². The van der Waals surface area contributed by atoms with E-state index in [-0.39, 0.29) is 0 Å². The zero-order valence-electron chi connectivity index (χ0n) is 12.0. The second kappa shape index (κ2) is 7.62. The van der Waals surface area contributed by atoms with Crippen molar-refractivity contribution in [3.05, 3.63) is 17.5 Å². The molecule has 0 aliphatic heterocycles. The summed E-state index contributed by atoms with van der Waals surface area (Å²) < 4.78 is 10.9. The van der Waals surface area contributed by atoms with E-state index in [0.29, 0.717) is 12.6 Å². The summed E-state index contributed by atoms with van der Waals surface area (Å²) in [7, 11) is 0. The molecule has 1 aromatic heterocycles. The Balaban J connectivity index is 1.59. The molecule has 1 aliphatic rings. The number of ether oxygens (including phenoxy) is 1. The van der Waals surface area contributed by atoms with E-state index in [1.807, 2.05) is 6.07 Å². The van der Waals surface area contributed by atoms with Crippen LogP contribution in [-0.4, -0.2) is 42.3 Å². The molecule has 0 amide bonds. The van der Waals surface area contributed by atoms with Gasteiger partial charge in [0.2, 0.25) is 0 Å². The van der Waals surface area contributed by atoms with Crippen molar-refractivity contribution in [2.75, 3.05) is 26.2 Å². The van der Waals surface area contributed by atoms with Gasteiger partial charge < -0.3 is 19.5 Å². The molecule has 1 N–H and O–H groups in total. The number of hydrogen-bond acceptors (Lipinski definition) is 5. The lowest BCUT2D eigenvalue weighted by Crippen LogP contribution is -2.26. The number of hydrogen-bond donors (Lipinski definition) is 1. The average molecular weight is 267 g/mol. The zero-order valence-corrected chi connectivity index (χ0v) is 12.0. The fraction of sp³-hybridized carbons (Fsp3) is 0.786. The van der Waals surface area contributed by atoms with Crippen molar-refractivity contribution >= 4 is 0 Å². The topological polar surface area (TPSA) is 50.5 Å². The van der Waals surface area contributed by atoms with E-state index in [1.165, 1.54) is 12.8 Å². The van der Waals surface area contributed by atoms with E-state index >= 15 is 0 Å². The molecule has 1 fully saturated rings. The number of rotatable bonds is 10. The molecule has 1 aliphatic carbocycles. The summed E-state index contributed by atoms with van der Waals surface area (Å²) in [6.07, 6.45) is 2.58. The maximum absolute atomic E-state index is 5.61. The van der Waals surface area contributed by atoms with Gasteiger partial charge in [0.25, 0.3) is 0 Å². The van der Waals surface area contributed by atoms with E-state index in [1.54, 1.807) is 0 Å². The van der Waals surface area contributed by atoms with Crippen LogP contribution < -0.4 is 5.32 Å². The Hall–Kier alpha value is -0.910. The molecule has 1 heterocycles. The van der Waals surface area contributed by atoms with E-state index in [0.717, 1.165) is 44.2 Å². The molecule has 5 nitrogen and oxygen atoms in total. The third kappa shape index (κ3) is 5.30. The molecule has 0 saturated heterocycles. The molecule has 0 atom stereocenters. The summed E-state index contributed by atoms with van der Waals surface area (Å²) in [6.45, 7) is 9.48. The Labute approximate surface area is 115 Å². The molecule has 1 aromatic rings. The predicted octanol–water partition coefficient (Wildman–Crippen LogP) is 1.78. The van der Waals surface area contributed by atoms with Crippen LogP contribution in [-0.2, 0) is 17.9 Å². The Morgan fingerprint density at radius 1 is 1.42 bits per heavy atom. The van der Waals surface area contributed by atoms with E-state index in [9.17, 15) is 0 Å². The first-order chi connectivity index (χ1) is 9.31. The van der Waals surface area contributed by atoms with Crippen molar-refractivity contribution in [1.29, 1.82) is 0 Å². The fourth-order valence-electron chi connectivity index (χ4n) is 1.95. The van der Waals surface area contributed by atoms with Gasteiger partial charge in [-0.15, -0.1) is 0 Å². The molecule has 0 aromatic carbocycles. The molecular weight excluding hydrogens is 242 g/mol. The largest absolute Gasteiger partial charge is 0.372 e. The van der Waals surface area contributed by atoms with Gasteiger partial charge in [0.15, 0.2) is 5.76 Å². The molecule has 0 bridgehead atoms. The van der Waals surface area contributed by atoms with E-state index < -0.39 is 0 Å². The van der Waals surface area contributed by atoms with Crippen molar-refractivity contribution in [2.45, 2.75) is 45.9 Å². The van der Waals surface area contributed by atoms with E-state index in [2.05, 4.69) is 29.2 Å². The normalized spacial score (nSPS) is 15.3. The Morgan fingerprint density at radius 2 is 2.21 bits per heavy atom. The zero-order chi connectivity index (χ0) is 13.5. The van der Waals surface area contributed by atoms with Crippen LogP contribution in [0.4, 0.5) is 0 Å². The second-order valence-corrected chi connectivity index (χ2v) is 5.02. The molecular formula is C14H25N3O2.